The molecule has 3 rings (SSSR count). The van der Waals surface area contributed by atoms with Gasteiger partial charge in [0, 0.05) is 18.0 Å². The highest BCUT2D eigenvalue weighted by atomic mass is 16.5. The third-order valence-corrected chi connectivity index (χ3v) is 5.71. The van der Waals surface area contributed by atoms with Crippen molar-refractivity contribution in [1.82, 2.24) is 10.6 Å². The summed E-state index contributed by atoms with van der Waals surface area (Å²) >= 11 is 0. The Bertz CT molecular complexity index is 870. The molecule has 1 aliphatic carbocycles. The van der Waals surface area contributed by atoms with E-state index in [4.69, 9.17) is 4.74 Å². The Morgan fingerprint density at radius 1 is 0.968 bits per heavy atom. The molecule has 0 aromatic heterocycles. The Labute approximate surface area is 183 Å². The largest absolute Gasteiger partial charge is 0.454 e. The summed E-state index contributed by atoms with van der Waals surface area (Å²) in [4.78, 5) is 37.7. The molecule has 1 saturated carbocycles. The van der Waals surface area contributed by atoms with E-state index < -0.39 is 12.0 Å². The number of rotatable bonds is 8. The number of carbonyl (C=O) groups is 3. The Balaban J connectivity index is 1.59. The van der Waals surface area contributed by atoms with Crippen molar-refractivity contribution in [2.24, 2.45) is 5.92 Å². The molecule has 0 heterocycles. The van der Waals surface area contributed by atoms with Gasteiger partial charge in [-0.05, 0) is 36.5 Å². The average molecular weight is 423 g/mol. The second kappa shape index (κ2) is 11.3. The van der Waals surface area contributed by atoms with Crippen molar-refractivity contribution >= 4 is 17.8 Å². The summed E-state index contributed by atoms with van der Waals surface area (Å²) in [5, 5.41) is 5.72. The molecule has 31 heavy (non-hydrogen) atoms. The number of ether oxygens (including phenoxy) is 1. The van der Waals surface area contributed by atoms with Crippen LogP contribution in [-0.2, 0) is 20.7 Å². The highest BCUT2D eigenvalue weighted by Gasteiger charge is 2.26. The lowest BCUT2D eigenvalue weighted by molar-refractivity contribution is -0.150. The minimum Gasteiger partial charge on any atom is -0.454 e. The standard InChI is InChI=1S/C25H30N2O4/c1-18-10-8-9-15-21(18)26-23(28)17-31-25(30)22(16-19-11-4-2-5-12-19)27-24(29)20-13-6-3-7-14-20/h2-7,11-14,18,21-22H,8-10,15-17H2,1H3,(H,26,28)(H,27,29)/t18-,21-,22+/m0/s1. The molecule has 164 valence electrons. The average Bonchev–Trinajstić information content (AvgIpc) is 2.80. The van der Waals surface area contributed by atoms with E-state index in [2.05, 4.69) is 17.6 Å². The number of amides is 2. The number of esters is 1. The molecular weight excluding hydrogens is 392 g/mol. The van der Waals surface area contributed by atoms with E-state index >= 15 is 0 Å². The van der Waals surface area contributed by atoms with Gasteiger partial charge < -0.3 is 15.4 Å². The van der Waals surface area contributed by atoms with E-state index in [1.807, 2.05) is 36.4 Å². The van der Waals surface area contributed by atoms with E-state index in [1.54, 1.807) is 24.3 Å². The van der Waals surface area contributed by atoms with Gasteiger partial charge in [-0.25, -0.2) is 4.79 Å². The van der Waals surface area contributed by atoms with Gasteiger partial charge >= 0.3 is 5.97 Å². The zero-order chi connectivity index (χ0) is 22.1. The molecule has 0 aliphatic heterocycles. The van der Waals surface area contributed by atoms with Crippen molar-refractivity contribution in [3.63, 3.8) is 0 Å². The lowest BCUT2D eigenvalue weighted by atomic mass is 9.86. The fourth-order valence-electron chi connectivity index (χ4n) is 3.89. The Morgan fingerprint density at radius 3 is 2.29 bits per heavy atom. The topological polar surface area (TPSA) is 84.5 Å². The summed E-state index contributed by atoms with van der Waals surface area (Å²) in [5.74, 6) is -0.872. The van der Waals surface area contributed by atoms with Crippen LogP contribution in [0.4, 0.5) is 0 Å². The van der Waals surface area contributed by atoms with Crippen molar-refractivity contribution in [1.29, 1.82) is 0 Å². The van der Waals surface area contributed by atoms with Gasteiger partial charge in [0.2, 0.25) is 0 Å². The van der Waals surface area contributed by atoms with Crippen molar-refractivity contribution in [3.8, 4) is 0 Å². The van der Waals surface area contributed by atoms with Gasteiger partial charge in [0.15, 0.2) is 6.61 Å². The number of benzene rings is 2. The smallest absolute Gasteiger partial charge is 0.329 e. The lowest BCUT2D eigenvalue weighted by Gasteiger charge is -2.29. The maximum absolute atomic E-state index is 12.8. The molecule has 0 spiro atoms. The van der Waals surface area contributed by atoms with Gasteiger partial charge in [-0.3, -0.25) is 9.59 Å². The summed E-state index contributed by atoms with van der Waals surface area (Å²) in [6.45, 7) is 1.78. The van der Waals surface area contributed by atoms with Gasteiger partial charge in [-0.15, -0.1) is 0 Å². The predicted octanol–water partition coefficient (Wildman–Crippen LogP) is 3.27. The van der Waals surface area contributed by atoms with E-state index in [9.17, 15) is 14.4 Å². The van der Waals surface area contributed by atoms with Crippen LogP contribution in [0.25, 0.3) is 0 Å². The van der Waals surface area contributed by atoms with Crippen molar-refractivity contribution < 1.29 is 19.1 Å². The minimum absolute atomic E-state index is 0.123. The first kappa shape index (κ1) is 22.5. The second-order valence-electron chi connectivity index (χ2n) is 8.13. The van der Waals surface area contributed by atoms with Gasteiger partial charge in [0.1, 0.15) is 6.04 Å². The van der Waals surface area contributed by atoms with Crippen LogP contribution in [0.15, 0.2) is 60.7 Å². The predicted molar refractivity (Wildman–Crippen MR) is 118 cm³/mol. The van der Waals surface area contributed by atoms with Crippen molar-refractivity contribution in [2.75, 3.05) is 6.61 Å². The van der Waals surface area contributed by atoms with Gasteiger partial charge in [-0.2, -0.15) is 0 Å². The first-order chi connectivity index (χ1) is 15.0. The first-order valence-electron chi connectivity index (χ1n) is 10.9. The summed E-state index contributed by atoms with van der Waals surface area (Å²) < 4.78 is 5.29. The number of carbonyl (C=O) groups excluding carboxylic acids is 3. The van der Waals surface area contributed by atoms with Crippen LogP contribution in [0, 0.1) is 5.92 Å². The van der Waals surface area contributed by atoms with E-state index in [1.165, 1.54) is 6.42 Å². The molecule has 1 aliphatic rings. The van der Waals surface area contributed by atoms with E-state index in [0.29, 0.717) is 11.5 Å². The Morgan fingerprint density at radius 2 is 1.61 bits per heavy atom. The van der Waals surface area contributed by atoms with Gasteiger partial charge in [0.25, 0.3) is 11.8 Å². The Kier molecular flexibility index (Phi) is 8.21. The van der Waals surface area contributed by atoms with Crippen LogP contribution in [0.3, 0.4) is 0 Å². The maximum Gasteiger partial charge on any atom is 0.329 e. The lowest BCUT2D eigenvalue weighted by Crippen LogP contribution is -2.46. The number of nitrogens with one attached hydrogen (secondary N) is 2. The first-order valence-corrected chi connectivity index (χ1v) is 10.9. The van der Waals surface area contributed by atoms with E-state index in [-0.39, 0.29) is 30.9 Å². The maximum atomic E-state index is 12.8. The molecule has 6 nitrogen and oxygen atoms in total. The Hall–Kier alpha value is -3.15. The molecule has 2 amide bonds. The molecule has 2 N–H and O–H groups in total. The van der Waals surface area contributed by atoms with Crippen LogP contribution >= 0.6 is 0 Å². The molecule has 0 bridgehead atoms. The number of hydrogen-bond acceptors (Lipinski definition) is 4. The molecule has 0 saturated heterocycles. The molecular formula is C25H30N2O4. The molecule has 3 atom stereocenters. The van der Waals surface area contributed by atoms with Crippen molar-refractivity contribution in [2.45, 2.75) is 51.1 Å². The van der Waals surface area contributed by atoms with Crippen LogP contribution in [0.5, 0.6) is 0 Å². The molecule has 2 aromatic carbocycles. The van der Waals surface area contributed by atoms with Gasteiger partial charge in [0.05, 0.1) is 0 Å². The molecule has 0 radical (unpaired) electrons. The summed E-state index contributed by atoms with van der Waals surface area (Å²) in [6, 6.07) is 17.3. The van der Waals surface area contributed by atoms with E-state index in [0.717, 1.165) is 24.8 Å². The van der Waals surface area contributed by atoms with Crippen LogP contribution in [-0.4, -0.2) is 36.5 Å². The third kappa shape index (κ3) is 6.95. The summed E-state index contributed by atoms with van der Waals surface area (Å²) in [5.41, 5.74) is 1.34. The minimum atomic E-state index is -0.892. The quantitative estimate of drug-likeness (QED) is 0.640. The molecule has 2 aromatic rings. The molecule has 1 fully saturated rings. The normalized spacial score (nSPS) is 19.1. The fourth-order valence-corrected chi connectivity index (χ4v) is 3.89. The summed E-state index contributed by atoms with van der Waals surface area (Å²) in [7, 11) is 0. The molecule has 0 unspecified atom stereocenters. The van der Waals surface area contributed by atoms with Crippen LogP contribution in [0.1, 0.15) is 48.5 Å². The number of hydrogen-bond donors (Lipinski definition) is 2. The highest BCUT2D eigenvalue weighted by Crippen LogP contribution is 2.23. The monoisotopic (exact) mass is 422 g/mol. The summed E-state index contributed by atoms with van der Waals surface area (Å²) in [6.07, 6.45) is 4.60. The fraction of sp³-hybridized carbons (Fsp3) is 0.400. The van der Waals surface area contributed by atoms with Crippen molar-refractivity contribution in [3.05, 3.63) is 71.8 Å². The van der Waals surface area contributed by atoms with Crippen LogP contribution in [0.2, 0.25) is 0 Å². The zero-order valence-electron chi connectivity index (χ0n) is 17.9. The SMILES string of the molecule is C[C@H]1CCCC[C@@H]1NC(=O)COC(=O)[C@@H](Cc1ccccc1)NC(=O)c1ccccc1. The van der Waals surface area contributed by atoms with Gasteiger partial charge in [-0.1, -0.05) is 68.3 Å². The molecule has 6 heteroatoms. The van der Waals surface area contributed by atoms with Crippen LogP contribution < -0.4 is 10.6 Å². The zero-order valence-corrected chi connectivity index (χ0v) is 17.9. The highest BCUT2D eigenvalue weighted by molar-refractivity contribution is 5.97. The second-order valence-corrected chi connectivity index (χ2v) is 8.13. The third-order valence-electron chi connectivity index (χ3n) is 5.71.